The third-order valence-corrected chi connectivity index (χ3v) is 8.04. The Balaban J connectivity index is 1.94. The van der Waals surface area contributed by atoms with Gasteiger partial charge in [-0.1, -0.05) is 26.7 Å². The van der Waals surface area contributed by atoms with Gasteiger partial charge in [-0.15, -0.1) is 0 Å². The Labute approximate surface area is 169 Å². The van der Waals surface area contributed by atoms with Gasteiger partial charge in [0.05, 0.1) is 16.3 Å². The molecule has 2 aliphatic rings. The number of nitrogens with zero attached hydrogens (tertiary/aromatic N) is 2. The lowest BCUT2D eigenvalue weighted by Crippen LogP contribution is -2.32. The molecule has 1 aliphatic carbocycles. The van der Waals surface area contributed by atoms with E-state index in [1.165, 1.54) is 10.7 Å². The number of sulfonamides is 1. The highest BCUT2D eigenvalue weighted by atomic mass is 32.2. The van der Waals surface area contributed by atoms with Crippen LogP contribution in [-0.2, 0) is 14.8 Å². The second-order valence-corrected chi connectivity index (χ2v) is 9.72. The highest BCUT2D eigenvalue weighted by Crippen LogP contribution is 2.34. The van der Waals surface area contributed by atoms with E-state index >= 15 is 0 Å². The van der Waals surface area contributed by atoms with Gasteiger partial charge in [0.2, 0.25) is 15.9 Å². The molecule has 2 fully saturated rings. The van der Waals surface area contributed by atoms with E-state index in [9.17, 15) is 13.2 Å². The number of piperidine rings is 1. The minimum absolute atomic E-state index is 0.0214. The largest absolute Gasteiger partial charge is 0.370 e. The van der Waals surface area contributed by atoms with Gasteiger partial charge in [-0.3, -0.25) is 4.79 Å². The molecule has 28 heavy (non-hydrogen) atoms. The van der Waals surface area contributed by atoms with Crippen molar-refractivity contribution in [2.75, 3.05) is 36.4 Å². The van der Waals surface area contributed by atoms with Crippen molar-refractivity contribution in [3.05, 3.63) is 18.2 Å². The molecule has 6 nitrogen and oxygen atoms in total. The predicted octanol–water partition coefficient (Wildman–Crippen LogP) is 3.84. The summed E-state index contributed by atoms with van der Waals surface area (Å²) in [5.74, 6) is 0.0606. The molecule has 1 saturated heterocycles. The summed E-state index contributed by atoms with van der Waals surface area (Å²) in [4.78, 5) is 15.3. The lowest BCUT2D eigenvalue weighted by Gasteiger charge is -2.31. The Morgan fingerprint density at radius 2 is 1.71 bits per heavy atom. The molecule has 0 unspecified atom stereocenters. The van der Waals surface area contributed by atoms with Gasteiger partial charge in [-0.25, -0.2) is 8.42 Å². The summed E-state index contributed by atoms with van der Waals surface area (Å²) in [6, 6.07) is 5.21. The van der Waals surface area contributed by atoms with Gasteiger partial charge in [0.15, 0.2) is 0 Å². The Hall–Kier alpha value is -1.60. The SMILES string of the molecule is CCN(CC)S(=O)(=O)c1ccc(N2CCCCC2)c(NC(=O)C2CCCC2)c1. The van der Waals surface area contributed by atoms with Crippen molar-refractivity contribution in [2.45, 2.75) is 63.7 Å². The van der Waals surface area contributed by atoms with Crippen molar-refractivity contribution >= 4 is 27.3 Å². The number of anilines is 2. The Morgan fingerprint density at radius 3 is 2.32 bits per heavy atom. The minimum atomic E-state index is -3.56. The van der Waals surface area contributed by atoms with Crippen LogP contribution in [0, 0.1) is 5.92 Å². The minimum Gasteiger partial charge on any atom is -0.370 e. The van der Waals surface area contributed by atoms with Crippen LogP contribution in [0.3, 0.4) is 0 Å². The third-order valence-electron chi connectivity index (χ3n) is 5.99. The number of hydrogen-bond acceptors (Lipinski definition) is 4. The fourth-order valence-corrected chi connectivity index (χ4v) is 5.81. The summed E-state index contributed by atoms with van der Waals surface area (Å²) in [5.41, 5.74) is 1.57. The zero-order valence-electron chi connectivity index (χ0n) is 17.1. The first-order chi connectivity index (χ1) is 13.5. The molecular weight excluding hydrogens is 374 g/mol. The molecule has 1 aromatic rings. The first-order valence-corrected chi connectivity index (χ1v) is 12.1. The van der Waals surface area contributed by atoms with Crippen LogP contribution in [0.4, 0.5) is 11.4 Å². The van der Waals surface area contributed by atoms with E-state index in [-0.39, 0.29) is 16.7 Å². The van der Waals surface area contributed by atoms with Crippen LogP contribution in [0.1, 0.15) is 58.8 Å². The van der Waals surface area contributed by atoms with Gasteiger partial charge in [-0.2, -0.15) is 4.31 Å². The summed E-state index contributed by atoms with van der Waals surface area (Å²) in [5, 5.41) is 3.07. The molecule has 0 bridgehead atoms. The number of rotatable bonds is 7. The summed E-state index contributed by atoms with van der Waals surface area (Å²) < 4.78 is 27.4. The number of carbonyl (C=O) groups is 1. The normalized spacial score (nSPS) is 18.6. The van der Waals surface area contributed by atoms with Crippen LogP contribution in [0.5, 0.6) is 0 Å². The second-order valence-electron chi connectivity index (χ2n) is 7.79. The molecule has 1 amide bonds. The van der Waals surface area contributed by atoms with Crippen molar-refractivity contribution in [3.8, 4) is 0 Å². The zero-order chi connectivity index (χ0) is 20.1. The van der Waals surface area contributed by atoms with Crippen LogP contribution in [-0.4, -0.2) is 44.8 Å². The molecule has 0 aromatic heterocycles. The van der Waals surface area contributed by atoms with Crippen LogP contribution in [0.2, 0.25) is 0 Å². The van der Waals surface area contributed by atoms with E-state index in [0.29, 0.717) is 18.8 Å². The first-order valence-electron chi connectivity index (χ1n) is 10.7. The maximum atomic E-state index is 13.0. The van der Waals surface area contributed by atoms with Crippen molar-refractivity contribution < 1.29 is 13.2 Å². The van der Waals surface area contributed by atoms with E-state index in [1.54, 1.807) is 12.1 Å². The second kappa shape index (κ2) is 9.27. The quantitative estimate of drug-likeness (QED) is 0.746. The number of nitrogens with one attached hydrogen (secondary N) is 1. The van der Waals surface area contributed by atoms with Crippen LogP contribution < -0.4 is 10.2 Å². The van der Waals surface area contributed by atoms with Crippen molar-refractivity contribution in [3.63, 3.8) is 0 Å². The van der Waals surface area contributed by atoms with Gasteiger partial charge >= 0.3 is 0 Å². The van der Waals surface area contributed by atoms with Crippen molar-refractivity contribution in [1.82, 2.24) is 4.31 Å². The molecule has 0 radical (unpaired) electrons. The van der Waals surface area contributed by atoms with Crippen molar-refractivity contribution in [1.29, 1.82) is 0 Å². The molecule has 1 aliphatic heterocycles. The number of hydrogen-bond donors (Lipinski definition) is 1. The van der Waals surface area contributed by atoms with Gasteiger partial charge < -0.3 is 10.2 Å². The molecule has 1 saturated carbocycles. The summed E-state index contributed by atoms with van der Waals surface area (Å²) >= 11 is 0. The monoisotopic (exact) mass is 407 g/mol. The number of carbonyl (C=O) groups excluding carboxylic acids is 1. The summed E-state index contributed by atoms with van der Waals surface area (Å²) in [6.45, 7) is 6.41. The Bertz CT molecular complexity index is 778. The van der Waals surface area contributed by atoms with E-state index in [1.807, 2.05) is 19.9 Å². The summed E-state index contributed by atoms with van der Waals surface area (Å²) in [7, 11) is -3.56. The first kappa shape index (κ1) is 21.1. The molecule has 3 rings (SSSR count). The highest BCUT2D eigenvalue weighted by molar-refractivity contribution is 7.89. The molecule has 0 atom stereocenters. The van der Waals surface area contributed by atoms with Crippen LogP contribution in [0.25, 0.3) is 0 Å². The van der Waals surface area contributed by atoms with Gasteiger partial charge in [-0.05, 0) is 50.3 Å². The fraction of sp³-hybridized carbons (Fsp3) is 0.667. The third kappa shape index (κ3) is 4.51. The van der Waals surface area contributed by atoms with E-state index < -0.39 is 10.0 Å². The topological polar surface area (TPSA) is 69.7 Å². The van der Waals surface area contributed by atoms with Crippen LogP contribution >= 0.6 is 0 Å². The number of amides is 1. The molecule has 156 valence electrons. The smallest absolute Gasteiger partial charge is 0.243 e. The predicted molar refractivity (Wildman–Crippen MR) is 113 cm³/mol. The maximum Gasteiger partial charge on any atom is 0.243 e. The van der Waals surface area contributed by atoms with Crippen LogP contribution in [0.15, 0.2) is 23.1 Å². The fourth-order valence-electron chi connectivity index (χ4n) is 4.32. The molecule has 1 heterocycles. The maximum absolute atomic E-state index is 13.0. The summed E-state index contributed by atoms with van der Waals surface area (Å²) in [6.07, 6.45) is 7.48. The Morgan fingerprint density at radius 1 is 1.07 bits per heavy atom. The Kier molecular flexibility index (Phi) is 6.99. The van der Waals surface area contributed by atoms with E-state index in [4.69, 9.17) is 0 Å². The van der Waals surface area contributed by atoms with Gasteiger partial charge in [0.1, 0.15) is 0 Å². The lowest BCUT2D eigenvalue weighted by atomic mass is 10.1. The molecule has 0 spiro atoms. The lowest BCUT2D eigenvalue weighted by molar-refractivity contribution is -0.119. The molecular formula is C21H33N3O3S. The molecule has 1 N–H and O–H groups in total. The van der Waals surface area contributed by atoms with E-state index in [0.717, 1.165) is 57.3 Å². The highest BCUT2D eigenvalue weighted by Gasteiger charge is 2.27. The van der Waals surface area contributed by atoms with E-state index in [2.05, 4.69) is 10.2 Å². The van der Waals surface area contributed by atoms with Gasteiger partial charge in [0, 0.05) is 32.1 Å². The van der Waals surface area contributed by atoms with Gasteiger partial charge in [0.25, 0.3) is 0 Å². The van der Waals surface area contributed by atoms with Crippen molar-refractivity contribution in [2.24, 2.45) is 5.92 Å². The zero-order valence-corrected chi connectivity index (χ0v) is 17.9. The number of benzene rings is 1. The average molecular weight is 408 g/mol. The molecule has 1 aromatic carbocycles. The average Bonchev–Trinajstić information content (AvgIpc) is 3.24. The molecule has 7 heteroatoms. The standard InChI is InChI=1S/C21H33N3O3S/c1-3-24(4-2)28(26,27)18-12-13-20(23-14-8-5-9-15-23)19(16-18)22-21(25)17-10-6-7-11-17/h12-13,16-17H,3-11,14-15H2,1-2H3,(H,22,25).